The lowest BCUT2D eigenvalue weighted by Crippen LogP contribution is -2.25. The first-order valence-electron chi connectivity index (χ1n) is 26.6. The second-order valence-corrected chi connectivity index (χ2v) is 22.4. The summed E-state index contributed by atoms with van der Waals surface area (Å²) in [6.45, 7) is 18.9. The molecular formula is C67H64N4O. The van der Waals surface area contributed by atoms with Crippen molar-refractivity contribution in [1.82, 2.24) is 9.55 Å². The van der Waals surface area contributed by atoms with E-state index in [0.29, 0.717) is 24.0 Å². The van der Waals surface area contributed by atoms with E-state index in [2.05, 4.69) is 217 Å². The summed E-state index contributed by atoms with van der Waals surface area (Å²) in [6.07, 6.45) is 1.57. The Morgan fingerprint density at radius 3 is 1.75 bits per heavy atom. The van der Waals surface area contributed by atoms with Crippen LogP contribution in [0, 0.1) is 6.85 Å². The van der Waals surface area contributed by atoms with Crippen LogP contribution in [0.15, 0.2) is 194 Å². The summed E-state index contributed by atoms with van der Waals surface area (Å²) in [5.41, 5.74) is 17.5. The molecule has 8 aromatic carbocycles. The van der Waals surface area contributed by atoms with Gasteiger partial charge in [-0.25, -0.2) is 4.98 Å². The van der Waals surface area contributed by atoms with Crippen LogP contribution in [0.1, 0.15) is 88.7 Å². The first-order valence-corrected chi connectivity index (χ1v) is 25.1. The monoisotopic (exact) mass is 944 g/mol. The van der Waals surface area contributed by atoms with Crippen molar-refractivity contribution in [3.05, 3.63) is 217 Å². The molecule has 5 nitrogen and oxygen atoms in total. The number of rotatable bonds is 8. The van der Waals surface area contributed by atoms with Crippen molar-refractivity contribution in [2.45, 2.75) is 85.4 Å². The molecule has 2 aromatic heterocycles. The van der Waals surface area contributed by atoms with Crippen LogP contribution in [0.25, 0.3) is 61.0 Å². The van der Waals surface area contributed by atoms with Gasteiger partial charge in [0.05, 0.1) is 28.1 Å². The molecule has 5 heteroatoms. The van der Waals surface area contributed by atoms with E-state index < -0.39 is 6.85 Å². The molecule has 0 saturated heterocycles. The highest BCUT2D eigenvalue weighted by Crippen LogP contribution is 2.51. The van der Waals surface area contributed by atoms with Gasteiger partial charge in [-0.15, -0.1) is 0 Å². The second kappa shape index (κ2) is 17.8. The molecule has 0 N–H and O–H groups in total. The number of hydrogen-bond acceptors (Lipinski definition) is 4. The standard InChI is InChI=1S/C67H64N4O/c1-44-37-38-68-63(39-44)71-59-22-12-11-19-56(59)57-36-34-52(42-62(57)71)72-51-18-15-17-50(41-51)69-43-70(61-24-14-13-23-60(61)69)64-54(20-16-21-55(64)47-29-31-48(32-30-47)65(2,3)4)46-27-25-45(26-28-46)53-35-33-49(66(5,6)7)40-58(53)67(8,9)10/h11-42H,43H2,1-10H3/i1D3. The minimum absolute atomic E-state index is 0.0250. The Morgan fingerprint density at radius 2 is 1.07 bits per heavy atom. The molecule has 0 radical (unpaired) electrons. The van der Waals surface area contributed by atoms with Gasteiger partial charge in [0.1, 0.15) is 24.0 Å². The summed E-state index contributed by atoms with van der Waals surface area (Å²) in [5.74, 6) is 1.87. The summed E-state index contributed by atoms with van der Waals surface area (Å²) in [4.78, 5) is 9.51. The van der Waals surface area contributed by atoms with Gasteiger partial charge in [-0.3, -0.25) is 4.57 Å². The van der Waals surface area contributed by atoms with Crippen LogP contribution in [-0.4, -0.2) is 16.2 Å². The molecule has 0 bridgehead atoms. The number of anilines is 4. The zero-order valence-electron chi connectivity index (χ0n) is 45.9. The summed E-state index contributed by atoms with van der Waals surface area (Å²) in [7, 11) is 0. The maximum absolute atomic E-state index is 8.11. The molecule has 0 amide bonds. The van der Waals surface area contributed by atoms with Gasteiger partial charge in [-0.2, -0.15) is 0 Å². The predicted molar refractivity (Wildman–Crippen MR) is 304 cm³/mol. The van der Waals surface area contributed by atoms with E-state index in [1.807, 2.05) is 41.0 Å². The minimum Gasteiger partial charge on any atom is -0.457 e. The fourth-order valence-corrected chi connectivity index (χ4v) is 10.4. The third kappa shape index (κ3) is 8.61. The molecule has 1 aliphatic heterocycles. The van der Waals surface area contributed by atoms with E-state index >= 15 is 0 Å². The van der Waals surface area contributed by atoms with Crippen molar-refractivity contribution in [3.8, 4) is 50.7 Å². The third-order valence-electron chi connectivity index (χ3n) is 14.3. The first-order chi connectivity index (χ1) is 35.7. The maximum Gasteiger partial charge on any atom is 0.137 e. The van der Waals surface area contributed by atoms with Crippen LogP contribution in [0.2, 0.25) is 0 Å². The van der Waals surface area contributed by atoms with E-state index in [9.17, 15) is 0 Å². The number of fused-ring (bicyclic) bond motifs is 4. The van der Waals surface area contributed by atoms with Crippen molar-refractivity contribution >= 4 is 44.6 Å². The Kier molecular flexibility index (Phi) is 10.6. The van der Waals surface area contributed by atoms with Crippen LogP contribution in [-0.2, 0) is 16.2 Å². The topological polar surface area (TPSA) is 33.5 Å². The first kappa shape index (κ1) is 42.9. The molecule has 0 aliphatic carbocycles. The van der Waals surface area contributed by atoms with Gasteiger partial charge in [0.15, 0.2) is 0 Å². The molecule has 11 rings (SSSR count). The van der Waals surface area contributed by atoms with Crippen molar-refractivity contribution in [2.24, 2.45) is 0 Å². The molecular weight excluding hydrogens is 877 g/mol. The highest BCUT2D eigenvalue weighted by atomic mass is 16.5. The third-order valence-corrected chi connectivity index (χ3v) is 14.3. The van der Waals surface area contributed by atoms with E-state index in [1.54, 1.807) is 18.3 Å². The van der Waals surface area contributed by atoms with Crippen LogP contribution in [0.4, 0.5) is 22.7 Å². The quantitative estimate of drug-likeness (QED) is 0.152. The normalized spacial score (nSPS) is 13.8. The Morgan fingerprint density at radius 1 is 0.472 bits per heavy atom. The van der Waals surface area contributed by atoms with Crippen molar-refractivity contribution in [2.75, 3.05) is 16.5 Å². The number of hydrogen-bond donors (Lipinski definition) is 0. The highest BCUT2D eigenvalue weighted by Gasteiger charge is 2.32. The number of aromatic nitrogens is 2. The van der Waals surface area contributed by atoms with Crippen molar-refractivity contribution in [1.29, 1.82) is 0 Å². The molecule has 0 saturated carbocycles. The minimum atomic E-state index is -2.27. The lowest BCUT2D eigenvalue weighted by Gasteiger charge is -2.28. The Balaban J connectivity index is 0.977. The number of aryl methyl sites for hydroxylation is 1. The van der Waals surface area contributed by atoms with Crippen molar-refractivity contribution < 1.29 is 8.85 Å². The molecule has 358 valence electrons. The fraction of sp³-hybridized carbons (Fsp3) is 0.209. The molecule has 0 spiro atoms. The summed E-state index contributed by atoms with van der Waals surface area (Å²) in [5, 5.41) is 2.06. The van der Waals surface area contributed by atoms with E-state index in [0.717, 1.165) is 66.8 Å². The molecule has 0 atom stereocenters. The van der Waals surface area contributed by atoms with Crippen molar-refractivity contribution in [3.63, 3.8) is 0 Å². The van der Waals surface area contributed by atoms with Gasteiger partial charge < -0.3 is 14.5 Å². The second-order valence-electron chi connectivity index (χ2n) is 22.4. The number of benzene rings is 8. The fourth-order valence-electron chi connectivity index (χ4n) is 10.4. The molecule has 72 heavy (non-hydrogen) atoms. The van der Waals surface area contributed by atoms with Gasteiger partial charge >= 0.3 is 0 Å². The molecule has 10 aromatic rings. The zero-order chi connectivity index (χ0) is 52.6. The lowest BCUT2D eigenvalue weighted by molar-refractivity contribution is 0.483. The van der Waals surface area contributed by atoms with Gasteiger partial charge in [0.25, 0.3) is 0 Å². The Bertz CT molecular complexity index is 3770. The molecule has 1 aliphatic rings. The number of para-hydroxylation sites is 4. The average Bonchev–Trinajstić information content (AvgIpc) is 3.99. The van der Waals surface area contributed by atoms with Gasteiger partial charge in [-0.1, -0.05) is 184 Å². The van der Waals surface area contributed by atoms with Gasteiger partial charge in [-0.05, 0) is 122 Å². The van der Waals surface area contributed by atoms with Crippen LogP contribution in [0.3, 0.4) is 0 Å². The number of pyridine rings is 1. The van der Waals surface area contributed by atoms with Crippen LogP contribution >= 0.6 is 0 Å². The SMILES string of the molecule is [2H]C([2H])([2H])c1ccnc(-n2c3ccccc3c3ccc(Oc4cccc(N5CN(c6c(-c7ccc(-c8ccc(C(C)(C)C)cc8C(C)(C)C)cc7)cccc6-c6ccc(C(C)(C)C)cc6)c6ccccc65)c4)cc32)c1. The van der Waals surface area contributed by atoms with Crippen LogP contribution in [0.5, 0.6) is 11.5 Å². The summed E-state index contributed by atoms with van der Waals surface area (Å²) in [6, 6.07) is 66.5. The predicted octanol–water partition coefficient (Wildman–Crippen LogP) is 18.4. The lowest BCUT2D eigenvalue weighted by atomic mass is 9.77. The van der Waals surface area contributed by atoms with Gasteiger partial charge in [0.2, 0.25) is 0 Å². The van der Waals surface area contributed by atoms with E-state index in [1.165, 1.54) is 27.8 Å². The maximum atomic E-state index is 8.11. The van der Waals surface area contributed by atoms with E-state index in [4.69, 9.17) is 8.85 Å². The largest absolute Gasteiger partial charge is 0.457 e. The van der Waals surface area contributed by atoms with Gasteiger partial charge in [0, 0.05) is 50.0 Å². The smallest absolute Gasteiger partial charge is 0.137 e. The average molecular weight is 944 g/mol. The molecule has 0 fully saturated rings. The molecule has 0 unspecified atom stereocenters. The number of nitrogens with zero attached hydrogens (tertiary/aromatic N) is 4. The highest BCUT2D eigenvalue weighted by molar-refractivity contribution is 6.09. The summed E-state index contributed by atoms with van der Waals surface area (Å²) < 4.78 is 33.1. The summed E-state index contributed by atoms with van der Waals surface area (Å²) >= 11 is 0. The van der Waals surface area contributed by atoms with Crippen LogP contribution < -0.4 is 14.5 Å². The number of ether oxygens (including phenoxy) is 1. The zero-order valence-corrected chi connectivity index (χ0v) is 42.9. The van der Waals surface area contributed by atoms with E-state index in [-0.39, 0.29) is 21.8 Å². The Hall–Kier alpha value is -7.89. The molecule has 3 heterocycles. The Labute approximate surface area is 430 Å².